The number of hydrogen-bond acceptors (Lipinski definition) is 6. The molecule has 122 valence electrons. The molecule has 0 N–H and O–H groups in total. The Hall–Kier alpha value is -2.18. The van der Waals surface area contributed by atoms with Crippen LogP contribution in [0, 0.1) is 0 Å². The minimum Gasteiger partial charge on any atom is -0.485 e. The van der Waals surface area contributed by atoms with Crippen LogP contribution in [0.25, 0.3) is 20.9 Å². The van der Waals surface area contributed by atoms with Gasteiger partial charge in [-0.05, 0) is 11.1 Å². The number of rotatable bonds is 2. The van der Waals surface area contributed by atoms with E-state index in [0.29, 0.717) is 26.4 Å². The van der Waals surface area contributed by atoms with Gasteiger partial charge >= 0.3 is 0 Å². The van der Waals surface area contributed by atoms with Crippen molar-refractivity contribution in [3.63, 3.8) is 0 Å². The molecule has 2 aliphatic heterocycles. The molecule has 0 saturated heterocycles. The first-order valence-electron chi connectivity index (χ1n) is 7.75. The highest BCUT2D eigenvalue weighted by atomic mass is 32.1. The molecule has 0 fully saturated rings. The van der Waals surface area contributed by atoms with Gasteiger partial charge in [-0.25, -0.2) is 0 Å². The fraction of sp³-hybridized carbons (Fsp3) is 0.222. The zero-order chi connectivity index (χ0) is 15.9. The Balaban J connectivity index is 1.50. The Morgan fingerprint density at radius 3 is 1.46 bits per heavy atom. The lowest BCUT2D eigenvalue weighted by molar-refractivity contribution is 0.174. The van der Waals surface area contributed by atoms with E-state index in [1.165, 1.54) is 0 Å². The molecule has 0 saturated carbocycles. The van der Waals surface area contributed by atoms with Crippen molar-refractivity contribution in [3.05, 3.63) is 35.0 Å². The van der Waals surface area contributed by atoms with E-state index in [1.807, 2.05) is 10.8 Å². The van der Waals surface area contributed by atoms with Gasteiger partial charge < -0.3 is 18.9 Å². The second-order valence-electron chi connectivity index (χ2n) is 5.49. The van der Waals surface area contributed by atoms with E-state index >= 15 is 0 Å². The monoisotopic (exact) mass is 358 g/mol. The third-order valence-electron chi connectivity index (χ3n) is 4.01. The second kappa shape index (κ2) is 5.72. The predicted octanol–water partition coefficient (Wildman–Crippen LogP) is 4.69. The number of hydrogen-bond donors (Lipinski definition) is 0. The van der Waals surface area contributed by atoms with Gasteiger partial charge in [0, 0.05) is 10.8 Å². The minimum absolute atomic E-state index is 0.605. The third-order valence-corrected chi connectivity index (χ3v) is 5.99. The van der Waals surface area contributed by atoms with Crippen LogP contribution < -0.4 is 18.9 Å². The summed E-state index contributed by atoms with van der Waals surface area (Å²) in [5.74, 6) is 3.43. The Labute approximate surface area is 147 Å². The molecule has 6 heteroatoms. The second-order valence-corrected chi connectivity index (χ2v) is 7.25. The molecule has 0 atom stereocenters. The molecular formula is C18H14O4S2. The van der Waals surface area contributed by atoms with Gasteiger partial charge in [-0.15, -0.1) is 22.7 Å². The van der Waals surface area contributed by atoms with Gasteiger partial charge in [0.05, 0.1) is 9.75 Å². The van der Waals surface area contributed by atoms with Crippen molar-refractivity contribution in [3.8, 4) is 43.9 Å². The standard InChI is InChI=1S/C18H14O4S2/c1-2-12(18-16-14(10-24-18)20-6-8-22-16)4-3-11(1)17-15-13(9-23-17)19-5-7-21-15/h1-4,9-10H,5-8H2. The summed E-state index contributed by atoms with van der Waals surface area (Å²) in [6, 6.07) is 8.48. The number of fused-ring (bicyclic) bond motifs is 2. The van der Waals surface area contributed by atoms with Gasteiger partial charge in [-0.1, -0.05) is 24.3 Å². The molecule has 0 unspecified atom stereocenters. The largest absolute Gasteiger partial charge is 0.485 e. The van der Waals surface area contributed by atoms with E-state index in [0.717, 1.165) is 43.9 Å². The Morgan fingerprint density at radius 1 is 0.583 bits per heavy atom. The van der Waals surface area contributed by atoms with Crippen molar-refractivity contribution in [2.24, 2.45) is 0 Å². The first-order chi connectivity index (χ1) is 11.9. The lowest BCUT2D eigenvalue weighted by Crippen LogP contribution is -2.14. The Kier molecular flexibility index (Phi) is 3.38. The summed E-state index contributed by atoms with van der Waals surface area (Å²) < 4.78 is 22.8. The maximum absolute atomic E-state index is 5.78. The normalized spacial score (nSPS) is 15.3. The predicted molar refractivity (Wildman–Crippen MR) is 95.0 cm³/mol. The summed E-state index contributed by atoms with van der Waals surface area (Å²) in [6.07, 6.45) is 0. The van der Waals surface area contributed by atoms with Crippen LogP contribution in [0.5, 0.6) is 23.0 Å². The summed E-state index contributed by atoms with van der Waals surface area (Å²) in [5.41, 5.74) is 2.27. The highest BCUT2D eigenvalue weighted by molar-refractivity contribution is 7.14. The van der Waals surface area contributed by atoms with Gasteiger partial charge in [0.2, 0.25) is 0 Å². The van der Waals surface area contributed by atoms with Crippen molar-refractivity contribution in [2.75, 3.05) is 26.4 Å². The lowest BCUT2D eigenvalue weighted by Gasteiger charge is -2.17. The summed E-state index contributed by atoms with van der Waals surface area (Å²) >= 11 is 3.31. The molecule has 0 aliphatic carbocycles. The van der Waals surface area contributed by atoms with Crippen molar-refractivity contribution in [2.45, 2.75) is 0 Å². The maximum atomic E-state index is 5.78. The van der Waals surface area contributed by atoms with Gasteiger partial charge in [-0.2, -0.15) is 0 Å². The summed E-state index contributed by atoms with van der Waals surface area (Å²) in [7, 11) is 0. The van der Waals surface area contributed by atoms with Crippen LogP contribution in [-0.2, 0) is 0 Å². The van der Waals surface area contributed by atoms with E-state index in [2.05, 4.69) is 24.3 Å². The summed E-state index contributed by atoms with van der Waals surface area (Å²) in [5, 5.41) is 4.02. The molecule has 2 aromatic heterocycles. The van der Waals surface area contributed by atoms with Gasteiger partial charge in [0.25, 0.3) is 0 Å². The third kappa shape index (κ3) is 2.25. The molecule has 4 nitrogen and oxygen atoms in total. The maximum Gasteiger partial charge on any atom is 0.179 e. The molecule has 0 radical (unpaired) electrons. The van der Waals surface area contributed by atoms with E-state index in [-0.39, 0.29) is 0 Å². The molecule has 5 rings (SSSR count). The molecule has 4 heterocycles. The number of ether oxygens (including phenoxy) is 4. The van der Waals surface area contributed by atoms with Crippen molar-refractivity contribution < 1.29 is 18.9 Å². The fourth-order valence-electron chi connectivity index (χ4n) is 2.90. The van der Waals surface area contributed by atoms with Crippen LogP contribution in [0.4, 0.5) is 0 Å². The van der Waals surface area contributed by atoms with Crippen LogP contribution in [0.2, 0.25) is 0 Å². The van der Waals surface area contributed by atoms with E-state index in [4.69, 9.17) is 18.9 Å². The van der Waals surface area contributed by atoms with Crippen LogP contribution in [0.3, 0.4) is 0 Å². The molecule has 2 aliphatic rings. The van der Waals surface area contributed by atoms with Crippen molar-refractivity contribution in [1.29, 1.82) is 0 Å². The van der Waals surface area contributed by atoms with E-state index < -0.39 is 0 Å². The molecule has 24 heavy (non-hydrogen) atoms. The lowest BCUT2D eigenvalue weighted by atomic mass is 10.1. The first-order valence-corrected chi connectivity index (χ1v) is 9.51. The van der Waals surface area contributed by atoms with Crippen molar-refractivity contribution in [1.82, 2.24) is 0 Å². The Morgan fingerprint density at radius 2 is 1.00 bits per heavy atom. The molecule has 3 aromatic rings. The van der Waals surface area contributed by atoms with E-state index in [1.54, 1.807) is 22.7 Å². The molecule has 1 aromatic carbocycles. The highest BCUT2D eigenvalue weighted by Gasteiger charge is 2.21. The van der Waals surface area contributed by atoms with Crippen LogP contribution >= 0.6 is 22.7 Å². The zero-order valence-corrected chi connectivity index (χ0v) is 14.4. The van der Waals surface area contributed by atoms with Gasteiger partial charge in [0.15, 0.2) is 23.0 Å². The highest BCUT2D eigenvalue weighted by Crippen LogP contribution is 2.48. The van der Waals surface area contributed by atoms with E-state index in [9.17, 15) is 0 Å². The fourth-order valence-corrected chi connectivity index (χ4v) is 4.77. The van der Waals surface area contributed by atoms with Crippen LogP contribution in [0.1, 0.15) is 0 Å². The smallest absolute Gasteiger partial charge is 0.179 e. The summed E-state index contributed by atoms with van der Waals surface area (Å²) in [6.45, 7) is 2.45. The molecule has 0 bridgehead atoms. The van der Waals surface area contributed by atoms with Gasteiger partial charge in [-0.3, -0.25) is 0 Å². The molecule has 0 spiro atoms. The number of benzene rings is 1. The SMILES string of the molecule is c1cc(-c2scc3c2OCCO3)ccc1-c1scc2c1OCCO2. The zero-order valence-electron chi connectivity index (χ0n) is 12.7. The van der Waals surface area contributed by atoms with Crippen LogP contribution in [0.15, 0.2) is 35.0 Å². The molecule has 0 amide bonds. The minimum atomic E-state index is 0.605. The average Bonchev–Trinajstić information content (AvgIpc) is 3.26. The average molecular weight is 358 g/mol. The quantitative estimate of drug-likeness (QED) is 0.666. The van der Waals surface area contributed by atoms with Crippen molar-refractivity contribution >= 4 is 22.7 Å². The van der Waals surface area contributed by atoms with Crippen LogP contribution in [-0.4, -0.2) is 26.4 Å². The first kappa shape index (κ1) is 14.2. The summed E-state index contributed by atoms with van der Waals surface area (Å²) in [4.78, 5) is 2.23. The number of thiophene rings is 2. The van der Waals surface area contributed by atoms with Gasteiger partial charge in [0.1, 0.15) is 26.4 Å². The molecular weight excluding hydrogens is 344 g/mol. The topological polar surface area (TPSA) is 36.9 Å². The Bertz CT molecular complexity index is 806.